The van der Waals surface area contributed by atoms with Crippen molar-refractivity contribution in [1.82, 2.24) is 10.2 Å². The summed E-state index contributed by atoms with van der Waals surface area (Å²) in [5.74, 6) is 0. The highest BCUT2D eigenvalue weighted by Crippen LogP contribution is 2.26. The van der Waals surface area contributed by atoms with Crippen LogP contribution in [0.2, 0.25) is 0 Å². The Morgan fingerprint density at radius 2 is 1.90 bits per heavy atom. The predicted molar refractivity (Wildman–Crippen MR) is 86.2 cm³/mol. The van der Waals surface area contributed by atoms with Crippen molar-refractivity contribution in [3.05, 3.63) is 29.8 Å². The first-order valence-corrected chi connectivity index (χ1v) is 9.58. The van der Waals surface area contributed by atoms with Crippen molar-refractivity contribution in [1.29, 1.82) is 0 Å². The highest BCUT2D eigenvalue weighted by Gasteiger charge is 2.27. The molecule has 118 valence electrons. The lowest BCUT2D eigenvalue weighted by atomic mass is 10.1. The number of nitrogens with one attached hydrogen (secondary N) is 1. The Balaban J connectivity index is 1.84. The van der Waals surface area contributed by atoms with Gasteiger partial charge in [0, 0.05) is 31.4 Å². The van der Waals surface area contributed by atoms with Crippen LogP contribution in [-0.2, 0) is 9.84 Å². The number of nitrogens with zero attached hydrogens (tertiary/aromatic N) is 1. The van der Waals surface area contributed by atoms with E-state index in [0.29, 0.717) is 4.90 Å². The number of sulfone groups is 1. The molecular formula is C16H26N2O2S. The first-order valence-electron chi connectivity index (χ1n) is 7.69. The molecule has 0 radical (unpaired) electrons. The van der Waals surface area contributed by atoms with Crippen LogP contribution in [0.5, 0.6) is 0 Å². The molecule has 1 aromatic carbocycles. The average Bonchev–Trinajstić information content (AvgIpc) is 3.27. The lowest BCUT2D eigenvalue weighted by Gasteiger charge is -2.22. The van der Waals surface area contributed by atoms with Gasteiger partial charge in [-0.1, -0.05) is 19.1 Å². The summed E-state index contributed by atoms with van der Waals surface area (Å²) in [7, 11) is -3.11. The maximum absolute atomic E-state index is 11.4. The largest absolute Gasteiger partial charge is 0.309 e. The molecule has 0 spiro atoms. The van der Waals surface area contributed by atoms with Crippen LogP contribution in [0.3, 0.4) is 0 Å². The molecule has 1 fully saturated rings. The van der Waals surface area contributed by atoms with Crippen LogP contribution >= 0.6 is 0 Å². The van der Waals surface area contributed by atoms with Crippen molar-refractivity contribution in [2.24, 2.45) is 0 Å². The Morgan fingerprint density at radius 3 is 2.38 bits per heavy atom. The molecule has 1 aromatic rings. The Morgan fingerprint density at radius 1 is 1.29 bits per heavy atom. The van der Waals surface area contributed by atoms with Crippen molar-refractivity contribution >= 4 is 9.84 Å². The fourth-order valence-corrected chi connectivity index (χ4v) is 3.22. The Bertz CT molecular complexity index is 550. The summed E-state index contributed by atoms with van der Waals surface area (Å²) in [6.07, 6.45) is 3.92. The van der Waals surface area contributed by atoms with E-state index in [2.05, 4.69) is 24.1 Å². The van der Waals surface area contributed by atoms with Crippen LogP contribution in [0, 0.1) is 0 Å². The molecule has 1 aliphatic rings. The van der Waals surface area contributed by atoms with Gasteiger partial charge < -0.3 is 5.32 Å². The van der Waals surface area contributed by atoms with E-state index in [4.69, 9.17) is 0 Å². The van der Waals surface area contributed by atoms with E-state index in [-0.39, 0.29) is 6.04 Å². The molecular weight excluding hydrogens is 284 g/mol. The highest BCUT2D eigenvalue weighted by atomic mass is 32.2. The highest BCUT2D eigenvalue weighted by molar-refractivity contribution is 7.90. The van der Waals surface area contributed by atoms with Crippen LogP contribution < -0.4 is 5.32 Å². The molecule has 0 bridgehead atoms. The maximum atomic E-state index is 11.4. The van der Waals surface area contributed by atoms with Gasteiger partial charge in [-0.25, -0.2) is 8.42 Å². The third kappa shape index (κ3) is 4.80. The number of benzene rings is 1. The summed E-state index contributed by atoms with van der Waals surface area (Å²) in [6.45, 7) is 7.48. The fraction of sp³-hybridized carbons (Fsp3) is 0.625. The quantitative estimate of drug-likeness (QED) is 0.800. The molecule has 21 heavy (non-hydrogen) atoms. The van der Waals surface area contributed by atoms with Gasteiger partial charge in [0.2, 0.25) is 0 Å². The first-order chi connectivity index (χ1) is 9.91. The van der Waals surface area contributed by atoms with Gasteiger partial charge in [0.15, 0.2) is 9.84 Å². The second-order valence-electron chi connectivity index (χ2n) is 5.88. The summed E-state index contributed by atoms with van der Waals surface area (Å²) in [6, 6.07) is 8.20. The van der Waals surface area contributed by atoms with E-state index in [1.165, 1.54) is 19.1 Å². The molecule has 1 saturated carbocycles. The summed E-state index contributed by atoms with van der Waals surface area (Å²) in [5, 5.41) is 3.51. The molecule has 0 heterocycles. The molecule has 4 nitrogen and oxygen atoms in total. The summed E-state index contributed by atoms with van der Waals surface area (Å²) in [4.78, 5) is 2.90. The maximum Gasteiger partial charge on any atom is 0.175 e. The lowest BCUT2D eigenvalue weighted by Crippen LogP contribution is -2.34. The van der Waals surface area contributed by atoms with Gasteiger partial charge in [-0.15, -0.1) is 0 Å². The molecule has 2 rings (SSSR count). The van der Waals surface area contributed by atoms with Gasteiger partial charge in [0.25, 0.3) is 0 Å². The van der Waals surface area contributed by atoms with Crippen LogP contribution in [0.1, 0.15) is 38.3 Å². The number of hydrogen-bond donors (Lipinski definition) is 1. The summed E-state index contributed by atoms with van der Waals surface area (Å²) < 4.78 is 22.9. The van der Waals surface area contributed by atoms with Gasteiger partial charge in [0.05, 0.1) is 4.90 Å². The third-order valence-electron chi connectivity index (χ3n) is 4.13. The smallest absolute Gasteiger partial charge is 0.175 e. The standard InChI is InChI=1S/C16H26N2O2S/c1-4-18(15-7-8-15)12-11-17-13(2)14-5-9-16(10-6-14)21(3,19)20/h5-6,9-10,13,15,17H,4,7-8,11-12H2,1-3H3. The molecule has 0 saturated heterocycles. The van der Waals surface area contributed by atoms with Gasteiger partial charge >= 0.3 is 0 Å². The predicted octanol–water partition coefficient (Wildman–Crippen LogP) is 2.22. The number of rotatable bonds is 8. The van der Waals surface area contributed by atoms with E-state index < -0.39 is 9.84 Å². The van der Waals surface area contributed by atoms with E-state index in [1.807, 2.05) is 12.1 Å². The van der Waals surface area contributed by atoms with E-state index in [0.717, 1.165) is 31.2 Å². The third-order valence-corrected chi connectivity index (χ3v) is 5.26. The van der Waals surface area contributed by atoms with Crippen LogP contribution in [0.4, 0.5) is 0 Å². The van der Waals surface area contributed by atoms with Gasteiger partial charge in [0.1, 0.15) is 0 Å². The zero-order valence-electron chi connectivity index (χ0n) is 13.2. The molecule has 1 unspecified atom stereocenters. The monoisotopic (exact) mass is 310 g/mol. The fourth-order valence-electron chi connectivity index (χ4n) is 2.58. The van der Waals surface area contributed by atoms with Gasteiger partial charge in [-0.3, -0.25) is 4.90 Å². The molecule has 1 N–H and O–H groups in total. The number of likely N-dealkylation sites (N-methyl/N-ethyl adjacent to an activating group) is 1. The van der Waals surface area contributed by atoms with Crippen molar-refractivity contribution in [3.8, 4) is 0 Å². The topological polar surface area (TPSA) is 49.4 Å². The van der Waals surface area contributed by atoms with Crippen molar-refractivity contribution in [2.45, 2.75) is 43.7 Å². The Kier molecular flexibility index (Phi) is 5.41. The summed E-state index contributed by atoms with van der Waals surface area (Å²) >= 11 is 0. The van der Waals surface area contributed by atoms with E-state index in [9.17, 15) is 8.42 Å². The van der Waals surface area contributed by atoms with Crippen molar-refractivity contribution in [3.63, 3.8) is 0 Å². The van der Waals surface area contributed by atoms with Gasteiger partial charge in [-0.05, 0) is 44.0 Å². The summed E-state index contributed by atoms with van der Waals surface area (Å²) in [5.41, 5.74) is 1.12. The average molecular weight is 310 g/mol. The Hall–Kier alpha value is -0.910. The SMILES string of the molecule is CCN(CCNC(C)c1ccc(S(C)(=O)=O)cc1)C1CC1. The minimum absolute atomic E-state index is 0.233. The second-order valence-corrected chi connectivity index (χ2v) is 7.89. The Labute approximate surface area is 128 Å². The molecule has 5 heteroatoms. The minimum Gasteiger partial charge on any atom is -0.309 e. The van der Waals surface area contributed by atoms with Crippen LogP contribution in [-0.4, -0.2) is 45.2 Å². The van der Waals surface area contributed by atoms with Crippen molar-refractivity contribution < 1.29 is 8.42 Å². The van der Waals surface area contributed by atoms with Crippen molar-refractivity contribution in [2.75, 3.05) is 25.9 Å². The lowest BCUT2D eigenvalue weighted by molar-refractivity contribution is 0.273. The van der Waals surface area contributed by atoms with Gasteiger partial charge in [-0.2, -0.15) is 0 Å². The molecule has 0 amide bonds. The molecule has 0 aliphatic heterocycles. The molecule has 0 aromatic heterocycles. The normalized spacial score (nSPS) is 17.1. The van der Waals surface area contributed by atoms with Crippen LogP contribution in [0.25, 0.3) is 0 Å². The zero-order chi connectivity index (χ0) is 15.5. The minimum atomic E-state index is -3.11. The number of hydrogen-bond acceptors (Lipinski definition) is 4. The van der Waals surface area contributed by atoms with E-state index in [1.54, 1.807) is 12.1 Å². The molecule has 1 aliphatic carbocycles. The molecule has 1 atom stereocenters. The first kappa shape index (κ1) is 16.5. The van der Waals surface area contributed by atoms with Crippen LogP contribution in [0.15, 0.2) is 29.2 Å². The second kappa shape index (κ2) is 6.90. The van der Waals surface area contributed by atoms with E-state index >= 15 is 0 Å². The zero-order valence-corrected chi connectivity index (χ0v) is 14.0.